The molecule has 0 aliphatic rings. The maximum absolute atomic E-state index is 13.6. The van der Waals surface area contributed by atoms with Crippen LogP contribution in [0.25, 0.3) is 11.4 Å². The van der Waals surface area contributed by atoms with Crippen molar-refractivity contribution in [1.82, 2.24) is 20.4 Å². The van der Waals surface area contributed by atoms with E-state index in [1.807, 2.05) is 24.1 Å². The number of halogens is 3. The van der Waals surface area contributed by atoms with E-state index in [-0.39, 0.29) is 35.5 Å². The highest BCUT2D eigenvalue weighted by atomic mass is 127. The quantitative estimate of drug-likeness (QED) is 0.252. The first-order valence-electron chi connectivity index (χ1n) is 9.44. The number of ether oxygens (including phenoxy) is 1. The number of guanidine groups is 1. The molecule has 7 nitrogen and oxygen atoms in total. The van der Waals surface area contributed by atoms with Gasteiger partial charge in [-0.2, -0.15) is 4.98 Å². The molecule has 2 aromatic carbocycles. The molecule has 1 heterocycles. The number of hydrogen-bond donors (Lipinski definition) is 1. The third kappa shape index (κ3) is 7.35. The van der Waals surface area contributed by atoms with Crippen molar-refractivity contribution >= 4 is 41.5 Å². The molecule has 0 aliphatic heterocycles. The van der Waals surface area contributed by atoms with E-state index in [2.05, 4.69) is 20.4 Å². The molecular formula is C21H24ClFIN5O2. The van der Waals surface area contributed by atoms with Gasteiger partial charge in [0.25, 0.3) is 0 Å². The number of aliphatic imine (C=N–C) groups is 1. The molecule has 0 atom stereocenters. The Morgan fingerprint density at radius 3 is 2.81 bits per heavy atom. The fourth-order valence-corrected chi connectivity index (χ4v) is 2.92. The molecule has 3 aromatic rings. The Balaban J connectivity index is 0.00000341. The molecular weight excluding hydrogens is 536 g/mol. The van der Waals surface area contributed by atoms with Crippen LogP contribution in [0.3, 0.4) is 0 Å². The Morgan fingerprint density at radius 1 is 1.26 bits per heavy atom. The lowest BCUT2D eigenvalue weighted by atomic mass is 10.2. The summed E-state index contributed by atoms with van der Waals surface area (Å²) in [6, 6.07) is 13.6. The number of nitrogens with one attached hydrogen (secondary N) is 1. The Morgan fingerprint density at radius 2 is 2.06 bits per heavy atom. The Kier molecular flexibility index (Phi) is 9.99. The second kappa shape index (κ2) is 12.5. The van der Waals surface area contributed by atoms with E-state index >= 15 is 0 Å². The van der Waals surface area contributed by atoms with Crippen molar-refractivity contribution in [3.63, 3.8) is 0 Å². The summed E-state index contributed by atoms with van der Waals surface area (Å²) in [5.74, 6) is 1.56. The molecule has 1 N–H and O–H groups in total. The number of rotatable bonds is 8. The first kappa shape index (κ1) is 24.9. The van der Waals surface area contributed by atoms with Crippen LogP contribution in [0.5, 0.6) is 5.75 Å². The highest BCUT2D eigenvalue weighted by molar-refractivity contribution is 14.0. The van der Waals surface area contributed by atoms with Crippen LogP contribution in [0.15, 0.2) is 58.0 Å². The summed E-state index contributed by atoms with van der Waals surface area (Å²) < 4.78 is 24.4. The number of nitrogens with zero attached hydrogens (tertiary/aromatic N) is 4. The molecule has 0 fully saturated rings. The molecule has 0 aliphatic carbocycles. The van der Waals surface area contributed by atoms with Crippen molar-refractivity contribution < 1.29 is 13.7 Å². The first-order chi connectivity index (χ1) is 14.6. The molecule has 0 bridgehead atoms. The largest absolute Gasteiger partial charge is 0.489 e. The predicted molar refractivity (Wildman–Crippen MR) is 130 cm³/mol. The molecule has 1 aromatic heterocycles. The third-order valence-corrected chi connectivity index (χ3v) is 4.50. The first-order valence-corrected chi connectivity index (χ1v) is 9.82. The van der Waals surface area contributed by atoms with E-state index in [0.717, 1.165) is 5.56 Å². The minimum absolute atomic E-state index is 0. The minimum atomic E-state index is -0.376. The highest BCUT2D eigenvalue weighted by Crippen LogP contribution is 2.20. The monoisotopic (exact) mass is 559 g/mol. The van der Waals surface area contributed by atoms with Crippen molar-refractivity contribution in [1.29, 1.82) is 0 Å². The molecule has 0 radical (unpaired) electrons. The summed E-state index contributed by atoms with van der Waals surface area (Å²) in [5.41, 5.74) is 0.802. The van der Waals surface area contributed by atoms with Gasteiger partial charge in [-0.05, 0) is 24.3 Å². The van der Waals surface area contributed by atoms with E-state index in [1.54, 1.807) is 37.4 Å². The molecule has 31 heavy (non-hydrogen) atoms. The van der Waals surface area contributed by atoms with Crippen LogP contribution in [-0.4, -0.2) is 54.8 Å². The van der Waals surface area contributed by atoms with Crippen LogP contribution in [0.2, 0.25) is 5.02 Å². The average molecular weight is 560 g/mol. The van der Waals surface area contributed by atoms with E-state index in [0.29, 0.717) is 48.8 Å². The molecule has 3 rings (SSSR count). The van der Waals surface area contributed by atoms with Gasteiger partial charge in [0, 0.05) is 37.6 Å². The van der Waals surface area contributed by atoms with Crippen LogP contribution in [0.4, 0.5) is 4.39 Å². The lowest BCUT2D eigenvalue weighted by Gasteiger charge is -2.22. The molecule has 0 amide bonds. The zero-order valence-corrected chi connectivity index (χ0v) is 20.3. The zero-order valence-electron chi connectivity index (χ0n) is 17.2. The summed E-state index contributed by atoms with van der Waals surface area (Å²) in [7, 11) is 3.57. The fraction of sp³-hybridized carbons (Fsp3) is 0.286. The number of likely N-dealkylation sites (N-methyl/N-ethyl adjacent to an activating group) is 1. The number of hydrogen-bond acceptors (Lipinski definition) is 5. The van der Waals surface area contributed by atoms with E-state index in [9.17, 15) is 4.39 Å². The smallest absolute Gasteiger partial charge is 0.228 e. The van der Waals surface area contributed by atoms with Gasteiger partial charge in [0.15, 0.2) is 17.5 Å². The van der Waals surface area contributed by atoms with Crippen molar-refractivity contribution in [3.05, 3.63) is 65.3 Å². The maximum Gasteiger partial charge on any atom is 0.228 e. The Hall–Kier alpha value is -2.40. The van der Waals surface area contributed by atoms with Gasteiger partial charge in [-0.3, -0.25) is 4.99 Å². The summed E-state index contributed by atoms with van der Waals surface area (Å²) in [4.78, 5) is 10.5. The summed E-state index contributed by atoms with van der Waals surface area (Å²) in [6.45, 7) is 1.42. The van der Waals surface area contributed by atoms with Crippen molar-refractivity contribution in [2.24, 2.45) is 4.99 Å². The van der Waals surface area contributed by atoms with Crippen LogP contribution in [0, 0.1) is 5.82 Å². The maximum atomic E-state index is 13.6. The van der Waals surface area contributed by atoms with Crippen molar-refractivity contribution in [2.45, 2.75) is 6.42 Å². The highest BCUT2D eigenvalue weighted by Gasteiger charge is 2.11. The molecule has 0 spiro atoms. The minimum Gasteiger partial charge on any atom is -0.489 e. The molecule has 10 heteroatoms. The third-order valence-electron chi connectivity index (χ3n) is 4.27. The average Bonchev–Trinajstić information content (AvgIpc) is 3.21. The van der Waals surface area contributed by atoms with Gasteiger partial charge in [-0.25, -0.2) is 4.39 Å². The van der Waals surface area contributed by atoms with Gasteiger partial charge in [0.05, 0.1) is 6.54 Å². The van der Waals surface area contributed by atoms with E-state index in [1.165, 1.54) is 6.07 Å². The standard InChI is InChI=1S/C21H23ClFN5O2.HI/c1-24-21(28(2)12-13-29-18-9-4-3-8-17(18)23)25-11-10-19-26-20(27-30-19)15-6-5-7-16(22)14-15;/h3-9,14H,10-13H2,1-2H3,(H,24,25);1H. The lowest BCUT2D eigenvalue weighted by Crippen LogP contribution is -2.41. The van der Waals surface area contributed by atoms with Crippen LogP contribution in [-0.2, 0) is 6.42 Å². The van der Waals surface area contributed by atoms with Crippen molar-refractivity contribution in [2.75, 3.05) is 33.8 Å². The second-order valence-electron chi connectivity index (χ2n) is 6.45. The van der Waals surface area contributed by atoms with Gasteiger partial charge >= 0.3 is 0 Å². The second-order valence-corrected chi connectivity index (χ2v) is 6.88. The summed E-state index contributed by atoms with van der Waals surface area (Å²) >= 11 is 6.00. The van der Waals surface area contributed by atoms with E-state index < -0.39 is 0 Å². The van der Waals surface area contributed by atoms with Crippen LogP contribution in [0.1, 0.15) is 5.89 Å². The number of benzene rings is 2. The molecule has 0 saturated carbocycles. The lowest BCUT2D eigenvalue weighted by molar-refractivity contribution is 0.270. The fourth-order valence-electron chi connectivity index (χ4n) is 2.73. The number of para-hydroxylation sites is 1. The SMILES string of the molecule is CN=C(NCCc1nc(-c2cccc(Cl)c2)no1)N(C)CCOc1ccccc1F.I. The van der Waals surface area contributed by atoms with Gasteiger partial charge in [0.1, 0.15) is 6.61 Å². The zero-order chi connectivity index (χ0) is 21.3. The van der Waals surface area contributed by atoms with Crippen LogP contribution < -0.4 is 10.1 Å². The van der Waals surface area contributed by atoms with Gasteiger partial charge in [-0.1, -0.05) is 41.0 Å². The normalized spacial score (nSPS) is 11.0. The summed E-state index contributed by atoms with van der Waals surface area (Å²) in [5, 5.41) is 7.85. The van der Waals surface area contributed by atoms with Crippen LogP contribution >= 0.6 is 35.6 Å². The van der Waals surface area contributed by atoms with Crippen molar-refractivity contribution in [3.8, 4) is 17.1 Å². The topological polar surface area (TPSA) is 75.8 Å². The van der Waals surface area contributed by atoms with Gasteiger partial charge in [-0.15, -0.1) is 24.0 Å². The van der Waals surface area contributed by atoms with Gasteiger partial charge in [0.2, 0.25) is 11.7 Å². The summed E-state index contributed by atoms with van der Waals surface area (Å²) in [6.07, 6.45) is 0.534. The van der Waals surface area contributed by atoms with Gasteiger partial charge < -0.3 is 19.5 Å². The number of aromatic nitrogens is 2. The molecule has 0 saturated heterocycles. The van der Waals surface area contributed by atoms with E-state index in [4.69, 9.17) is 20.9 Å². The molecule has 0 unspecified atom stereocenters. The Labute approximate surface area is 202 Å². The Bertz CT molecular complexity index is 1000. The predicted octanol–water partition coefficient (Wildman–Crippen LogP) is 4.28. The molecule has 166 valence electrons.